The predicted molar refractivity (Wildman–Crippen MR) is 103 cm³/mol. The van der Waals surface area contributed by atoms with Crippen molar-refractivity contribution in [3.8, 4) is 6.07 Å². The number of hydrogen-bond acceptors (Lipinski definition) is 4. The molecule has 0 saturated heterocycles. The first-order valence-electron chi connectivity index (χ1n) is 8.26. The highest BCUT2D eigenvalue weighted by molar-refractivity contribution is 9.10. The first-order chi connectivity index (χ1) is 13.8. The maximum Gasteiger partial charge on any atom is 0.326 e. The smallest absolute Gasteiger partial charge is 0.326 e. The van der Waals surface area contributed by atoms with E-state index in [1.807, 2.05) is 6.07 Å². The average molecular weight is 460 g/mol. The number of amides is 1. The second kappa shape index (κ2) is 8.32. The summed E-state index contributed by atoms with van der Waals surface area (Å²) in [5.41, 5.74) is 0.431. The van der Waals surface area contributed by atoms with Crippen LogP contribution < -0.4 is 5.32 Å². The van der Waals surface area contributed by atoms with Gasteiger partial charge in [0.05, 0.1) is 11.1 Å². The maximum atomic E-state index is 13.8. The van der Waals surface area contributed by atoms with Gasteiger partial charge in [0.2, 0.25) is 0 Å². The number of carboxylic acid groups (broad SMARTS) is 1. The van der Waals surface area contributed by atoms with Crippen molar-refractivity contribution in [3.05, 3.63) is 75.4 Å². The number of nitrogens with one attached hydrogen (secondary N) is 1. The summed E-state index contributed by atoms with van der Waals surface area (Å²) >= 11 is 3.34. The number of hydrogen-bond donors (Lipinski definition) is 2. The average Bonchev–Trinajstić information content (AvgIpc) is 2.68. The number of aliphatic carboxylic acids is 1. The molecule has 0 aliphatic carbocycles. The summed E-state index contributed by atoms with van der Waals surface area (Å²) in [5, 5.41) is 21.3. The van der Waals surface area contributed by atoms with Gasteiger partial charge in [0.25, 0.3) is 5.91 Å². The summed E-state index contributed by atoms with van der Waals surface area (Å²) in [4.78, 5) is 28.2. The van der Waals surface area contributed by atoms with Gasteiger partial charge in [-0.05, 0) is 45.8 Å². The van der Waals surface area contributed by atoms with Crippen LogP contribution in [0.5, 0.6) is 0 Å². The van der Waals surface area contributed by atoms with Crippen LogP contribution in [0.15, 0.2) is 47.1 Å². The topological polar surface area (TPSA) is 103 Å². The fourth-order valence-corrected chi connectivity index (χ4v) is 3.29. The Balaban J connectivity index is 1.96. The SMILES string of the molecule is N#Cc1cnc2c(Br)ccc(CC(NC(=O)c3c(F)cccc3F)C(=O)O)c2c1. The molecule has 0 aliphatic heterocycles. The van der Waals surface area contributed by atoms with Gasteiger partial charge in [0.15, 0.2) is 0 Å². The predicted octanol–water partition coefficient (Wildman–Crippen LogP) is 3.57. The zero-order valence-corrected chi connectivity index (χ0v) is 16.2. The van der Waals surface area contributed by atoms with Crippen molar-refractivity contribution in [1.29, 1.82) is 5.26 Å². The molecule has 3 rings (SSSR count). The number of nitriles is 1. The first kappa shape index (κ1) is 20.4. The molecule has 1 atom stereocenters. The van der Waals surface area contributed by atoms with Crippen LogP contribution in [-0.4, -0.2) is 28.0 Å². The second-order valence-corrected chi connectivity index (χ2v) is 6.96. The van der Waals surface area contributed by atoms with Crippen molar-refractivity contribution in [2.24, 2.45) is 0 Å². The molecule has 0 saturated carbocycles. The number of fused-ring (bicyclic) bond motifs is 1. The summed E-state index contributed by atoms with van der Waals surface area (Å²) in [5.74, 6) is -4.74. The minimum absolute atomic E-state index is 0.183. The van der Waals surface area contributed by atoms with E-state index < -0.39 is 35.1 Å². The van der Waals surface area contributed by atoms with Gasteiger partial charge in [-0.3, -0.25) is 9.78 Å². The summed E-state index contributed by atoms with van der Waals surface area (Å²) in [7, 11) is 0. The normalized spacial score (nSPS) is 11.7. The van der Waals surface area contributed by atoms with E-state index in [2.05, 4.69) is 26.2 Å². The third kappa shape index (κ3) is 4.22. The number of nitrogens with zero attached hydrogens (tertiary/aromatic N) is 2. The summed E-state index contributed by atoms with van der Waals surface area (Å²) < 4.78 is 28.3. The number of rotatable bonds is 5. The standard InChI is InChI=1S/C20H12BrF2N3O3/c21-13-5-4-11(12-6-10(8-24)9-25-18(12)13)7-16(20(28)29)26-19(27)17-14(22)2-1-3-15(17)23/h1-6,9,16H,7H2,(H,26,27)(H,28,29). The van der Waals surface area contributed by atoms with Crippen molar-refractivity contribution in [2.45, 2.75) is 12.5 Å². The Morgan fingerprint density at radius 1 is 1.24 bits per heavy atom. The molecule has 29 heavy (non-hydrogen) atoms. The number of aromatic nitrogens is 1. The number of carbonyl (C=O) groups is 2. The monoisotopic (exact) mass is 459 g/mol. The Morgan fingerprint density at radius 3 is 2.55 bits per heavy atom. The van der Waals surface area contributed by atoms with Crippen LogP contribution >= 0.6 is 15.9 Å². The third-order valence-corrected chi connectivity index (χ3v) is 4.88. The van der Waals surface area contributed by atoms with Gasteiger partial charge in [-0.25, -0.2) is 13.6 Å². The molecule has 1 heterocycles. The molecule has 0 radical (unpaired) electrons. The van der Waals surface area contributed by atoms with Crippen molar-refractivity contribution in [1.82, 2.24) is 10.3 Å². The Bertz CT molecular complexity index is 1160. The fraction of sp³-hybridized carbons (Fsp3) is 0.100. The molecule has 0 bridgehead atoms. The van der Waals surface area contributed by atoms with Gasteiger partial charge < -0.3 is 10.4 Å². The van der Waals surface area contributed by atoms with Crippen LogP contribution in [0, 0.1) is 23.0 Å². The minimum atomic E-state index is -1.46. The largest absolute Gasteiger partial charge is 0.480 e. The Hall–Kier alpha value is -3.38. The lowest BCUT2D eigenvalue weighted by molar-refractivity contribution is -0.139. The molecule has 1 amide bonds. The van der Waals surface area contributed by atoms with E-state index >= 15 is 0 Å². The van der Waals surface area contributed by atoms with E-state index in [-0.39, 0.29) is 12.0 Å². The van der Waals surface area contributed by atoms with Crippen molar-refractivity contribution >= 4 is 38.7 Å². The number of halogens is 3. The van der Waals surface area contributed by atoms with Crippen molar-refractivity contribution in [2.75, 3.05) is 0 Å². The Morgan fingerprint density at radius 2 is 1.93 bits per heavy atom. The van der Waals surface area contributed by atoms with E-state index in [1.54, 1.807) is 18.2 Å². The van der Waals surface area contributed by atoms with E-state index in [0.717, 1.165) is 18.2 Å². The highest BCUT2D eigenvalue weighted by Gasteiger charge is 2.25. The van der Waals surface area contributed by atoms with E-state index in [4.69, 9.17) is 5.26 Å². The first-order valence-corrected chi connectivity index (χ1v) is 9.06. The molecule has 9 heteroatoms. The number of carbonyl (C=O) groups excluding carboxylic acids is 1. The Kier molecular flexibility index (Phi) is 5.84. The molecule has 0 aliphatic rings. The van der Waals surface area contributed by atoms with E-state index in [0.29, 0.717) is 20.9 Å². The lowest BCUT2D eigenvalue weighted by Crippen LogP contribution is -2.43. The van der Waals surface area contributed by atoms with Crippen LogP contribution in [0.3, 0.4) is 0 Å². The number of pyridine rings is 1. The minimum Gasteiger partial charge on any atom is -0.480 e. The van der Waals surface area contributed by atoms with Gasteiger partial charge in [0, 0.05) is 22.5 Å². The zero-order valence-electron chi connectivity index (χ0n) is 14.6. The molecule has 0 fully saturated rings. The fourth-order valence-electron chi connectivity index (χ4n) is 2.85. The lowest BCUT2D eigenvalue weighted by Gasteiger charge is -2.17. The van der Waals surface area contributed by atoms with Crippen LogP contribution in [0.4, 0.5) is 8.78 Å². The molecular weight excluding hydrogens is 448 g/mol. The van der Waals surface area contributed by atoms with E-state index in [1.165, 1.54) is 6.20 Å². The van der Waals surface area contributed by atoms with Crippen molar-refractivity contribution in [3.63, 3.8) is 0 Å². The summed E-state index contributed by atoms with van der Waals surface area (Å²) in [6.45, 7) is 0. The number of benzene rings is 2. The maximum absolute atomic E-state index is 13.8. The van der Waals surface area contributed by atoms with Crippen LogP contribution in [0.2, 0.25) is 0 Å². The molecule has 1 unspecified atom stereocenters. The highest BCUT2D eigenvalue weighted by atomic mass is 79.9. The molecule has 6 nitrogen and oxygen atoms in total. The number of carboxylic acids is 1. The van der Waals surface area contributed by atoms with Gasteiger partial charge >= 0.3 is 5.97 Å². The third-order valence-electron chi connectivity index (χ3n) is 4.24. The molecule has 0 spiro atoms. The second-order valence-electron chi connectivity index (χ2n) is 6.10. The molecular formula is C20H12BrF2N3O3. The van der Waals surface area contributed by atoms with Crippen molar-refractivity contribution < 1.29 is 23.5 Å². The van der Waals surface area contributed by atoms with Gasteiger partial charge in [-0.15, -0.1) is 0 Å². The van der Waals surface area contributed by atoms with Gasteiger partial charge in [-0.2, -0.15) is 5.26 Å². The Labute approximate surface area is 171 Å². The van der Waals surface area contributed by atoms with Gasteiger partial charge in [0.1, 0.15) is 29.3 Å². The molecule has 146 valence electrons. The van der Waals surface area contributed by atoms with Crippen LogP contribution in [-0.2, 0) is 11.2 Å². The van der Waals surface area contributed by atoms with Gasteiger partial charge in [-0.1, -0.05) is 12.1 Å². The highest BCUT2D eigenvalue weighted by Crippen LogP contribution is 2.27. The molecule has 3 aromatic rings. The summed E-state index contributed by atoms with van der Waals surface area (Å²) in [6.07, 6.45) is 1.20. The molecule has 2 N–H and O–H groups in total. The molecule has 2 aromatic carbocycles. The zero-order chi connectivity index (χ0) is 21.1. The van der Waals surface area contributed by atoms with E-state index in [9.17, 15) is 23.5 Å². The molecule has 1 aromatic heterocycles. The van der Waals surface area contributed by atoms with Crippen LogP contribution in [0.25, 0.3) is 10.9 Å². The summed E-state index contributed by atoms with van der Waals surface area (Å²) in [6, 6.07) is 8.26. The quantitative estimate of drug-likeness (QED) is 0.606. The lowest BCUT2D eigenvalue weighted by atomic mass is 9.99. The van der Waals surface area contributed by atoms with Crippen LogP contribution in [0.1, 0.15) is 21.5 Å².